The Labute approximate surface area is 160 Å². The Morgan fingerprint density at radius 3 is 2.42 bits per heavy atom. The van der Waals surface area contributed by atoms with Crippen molar-refractivity contribution in [2.75, 3.05) is 12.8 Å². The number of benzene rings is 2. The van der Waals surface area contributed by atoms with Gasteiger partial charge in [0, 0.05) is 19.3 Å². The molecule has 5 heteroatoms. The van der Waals surface area contributed by atoms with Gasteiger partial charge in [0.25, 0.3) is 0 Å². The van der Waals surface area contributed by atoms with Gasteiger partial charge in [-0.15, -0.1) is 11.8 Å². The Balaban J connectivity index is 2.04. The number of carbonyl (C=O) groups is 2. The summed E-state index contributed by atoms with van der Waals surface area (Å²) < 4.78 is 0. The summed E-state index contributed by atoms with van der Waals surface area (Å²) in [6, 6.07) is 17.6. The van der Waals surface area contributed by atoms with E-state index in [0.29, 0.717) is 12.3 Å². The summed E-state index contributed by atoms with van der Waals surface area (Å²) in [5.41, 5.74) is 3.36. The summed E-state index contributed by atoms with van der Waals surface area (Å²) in [4.78, 5) is 26.6. The van der Waals surface area contributed by atoms with E-state index in [4.69, 9.17) is 0 Å². The second-order valence-corrected chi connectivity index (χ2v) is 7.26. The first kappa shape index (κ1) is 20.0. The summed E-state index contributed by atoms with van der Waals surface area (Å²) in [5.74, 6) is 0.948. The zero-order chi connectivity index (χ0) is 18.9. The maximum absolute atomic E-state index is 12.8. The van der Waals surface area contributed by atoms with Crippen LogP contribution in [0, 0.1) is 6.92 Å². The van der Waals surface area contributed by atoms with Gasteiger partial charge in [0.1, 0.15) is 6.04 Å². The average molecular weight is 371 g/mol. The molecule has 2 aromatic carbocycles. The molecule has 0 saturated carbocycles. The van der Waals surface area contributed by atoms with Crippen LogP contribution in [0.3, 0.4) is 0 Å². The van der Waals surface area contributed by atoms with Gasteiger partial charge in [-0.2, -0.15) is 0 Å². The minimum Gasteiger partial charge on any atom is -0.357 e. The second kappa shape index (κ2) is 10.0. The molecule has 0 aliphatic heterocycles. The number of nitrogens with zero attached hydrogens (tertiary/aromatic N) is 1. The highest BCUT2D eigenvalue weighted by atomic mass is 32.2. The fraction of sp³-hybridized carbons (Fsp3) is 0.333. The van der Waals surface area contributed by atoms with Crippen LogP contribution in [0.25, 0.3) is 0 Å². The van der Waals surface area contributed by atoms with E-state index in [1.165, 1.54) is 5.56 Å². The SMILES string of the molecule is CNC(=O)[C@H](C)N(Cc1cccc(C)c1)C(=O)CSCc1ccccc1. The quantitative estimate of drug-likeness (QED) is 0.775. The van der Waals surface area contributed by atoms with Gasteiger partial charge in [-0.1, -0.05) is 60.2 Å². The highest BCUT2D eigenvalue weighted by Crippen LogP contribution is 2.16. The molecule has 4 nitrogen and oxygen atoms in total. The molecule has 0 spiro atoms. The monoisotopic (exact) mass is 370 g/mol. The van der Waals surface area contributed by atoms with Crippen LogP contribution >= 0.6 is 11.8 Å². The van der Waals surface area contributed by atoms with Gasteiger partial charge in [0.15, 0.2) is 0 Å². The van der Waals surface area contributed by atoms with Crippen LogP contribution in [-0.4, -0.2) is 35.6 Å². The number of hydrogen-bond acceptors (Lipinski definition) is 3. The second-order valence-electron chi connectivity index (χ2n) is 6.28. The Kier molecular flexibility index (Phi) is 7.73. The average Bonchev–Trinajstić information content (AvgIpc) is 2.65. The number of aryl methyl sites for hydroxylation is 1. The molecular weight excluding hydrogens is 344 g/mol. The minimum absolute atomic E-state index is 0.0245. The number of nitrogens with one attached hydrogen (secondary N) is 1. The van der Waals surface area contributed by atoms with E-state index in [-0.39, 0.29) is 11.8 Å². The molecule has 138 valence electrons. The molecule has 0 heterocycles. The summed E-state index contributed by atoms with van der Waals surface area (Å²) in [5, 5.41) is 2.64. The zero-order valence-electron chi connectivity index (χ0n) is 15.6. The molecule has 0 aromatic heterocycles. The number of carbonyl (C=O) groups excluding carboxylic acids is 2. The predicted octanol–water partition coefficient (Wildman–Crippen LogP) is 3.39. The van der Waals surface area contributed by atoms with Crippen LogP contribution in [0.4, 0.5) is 0 Å². The van der Waals surface area contributed by atoms with Crippen molar-refractivity contribution >= 4 is 23.6 Å². The van der Waals surface area contributed by atoms with Crippen LogP contribution < -0.4 is 5.32 Å². The standard InChI is InChI=1S/C21H26N2O2S/c1-16-8-7-11-19(12-16)13-23(17(2)21(25)22-3)20(24)15-26-14-18-9-5-4-6-10-18/h4-12,17H,13-15H2,1-3H3,(H,22,25)/t17-/m0/s1. The number of rotatable bonds is 8. The number of thioether (sulfide) groups is 1. The molecule has 0 aliphatic carbocycles. The van der Waals surface area contributed by atoms with E-state index in [2.05, 4.69) is 17.4 Å². The predicted molar refractivity (Wildman–Crippen MR) is 108 cm³/mol. The van der Waals surface area contributed by atoms with Crippen LogP contribution in [0.1, 0.15) is 23.6 Å². The van der Waals surface area contributed by atoms with Crippen LogP contribution in [0.5, 0.6) is 0 Å². The molecule has 0 saturated heterocycles. The Bertz CT molecular complexity index is 734. The van der Waals surface area contributed by atoms with Crippen LogP contribution in [0.2, 0.25) is 0 Å². The lowest BCUT2D eigenvalue weighted by Crippen LogP contribution is -2.47. The number of amides is 2. The van der Waals surface area contributed by atoms with E-state index >= 15 is 0 Å². The summed E-state index contributed by atoms with van der Waals surface area (Å²) >= 11 is 1.57. The van der Waals surface area contributed by atoms with Gasteiger partial charge < -0.3 is 10.2 Å². The fourth-order valence-corrected chi connectivity index (χ4v) is 3.58. The first-order valence-corrected chi connectivity index (χ1v) is 9.85. The van der Waals surface area contributed by atoms with Crippen molar-refractivity contribution in [2.24, 2.45) is 0 Å². The maximum atomic E-state index is 12.8. The molecule has 0 aliphatic rings. The topological polar surface area (TPSA) is 49.4 Å². The highest BCUT2D eigenvalue weighted by molar-refractivity contribution is 7.99. The molecule has 2 rings (SSSR count). The summed E-state index contributed by atoms with van der Waals surface area (Å²) in [6.45, 7) is 4.23. The largest absolute Gasteiger partial charge is 0.357 e. The lowest BCUT2D eigenvalue weighted by atomic mass is 10.1. The van der Waals surface area contributed by atoms with Crippen LogP contribution in [-0.2, 0) is 21.9 Å². The molecule has 1 atom stereocenters. The van der Waals surface area contributed by atoms with E-state index in [0.717, 1.165) is 16.9 Å². The smallest absolute Gasteiger partial charge is 0.242 e. The highest BCUT2D eigenvalue weighted by Gasteiger charge is 2.25. The van der Waals surface area contributed by atoms with Gasteiger partial charge in [0.2, 0.25) is 11.8 Å². The lowest BCUT2D eigenvalue weighted by molar-refractivity contribution is -0.138. The van der Waals surface area contributed by atoms with Crippen molar-refractivity contribution in [3.05, 3.63) is 71.3 Å². The lowest BCUT2D eigenvalue weighted by Gasteiger charge is -2.28. The third-order valence-corrected chi connectivity index (χ3v) is 5.17. The van der Waals surface area contributed by atoms with E-state index in [1.807, 2.05) is 49.4 Å². The minimum atomic E-state index is -0.509. The van der Waals surface area contributed by atoms with E-state index < -0.39 is 6.04 Å². The molecule has 26 heavy (non-hydrogen) atoms. The van der Waals surface area contributed by atoms with Crippen molar-refractivity contribution in [1.82, 2.24) is 10.2 Å². The van der Waals surface area contributed by atoms with E-state index in [1.54, 1.807) is 30.6 Å². The zero-order valence-corrected chi connectivity index (χ0v) is 16.4. The number of likely N-dealkylation sites (N-methyl/N-ethyl adjacent to an activating group) is 1. The molecule has 1 N–H and O–H groups in total. The maximum Gasteiger partial charge on any atom is 0.242 e. The molecule has 2 aromatic rings. The van der Waals surface area contributed by atoms with Crippen molar-refractivity contribution < 1.29 is 9.59 Å². The Morgan fingerprint density at radius 1 is 1.08 bits per heavy atom. The van der Waals surface area contributed by atoms with Crippen LogP contribution in [0.15, 0.2) is 54.6 Å². The first-order valence-electron chi connectivity index (χ1n) is 8.69. The first-order chi connectivity index (χ1) is 12.5. The normalized spacial score (nSPS) is 11.7. The van der Waals surface area contributed by atoms with Gasteiger partial charge in [0.05, 0.1) is 5.75 Å². The third kappa shape index (κ3) is 5.92. The Morgan fingerprint density at radius 2 is 1.77 bits per heavy atom. The van der Waals surface area contributed by atoms with Crippen molar-refractivity contribution in [1.29, 1.82) is 0 Å². The molecule has 0 radical (unpaired) electrons. The van der Waals surface area contributed by atoms with Gasteiger partial charge in [-0.25, -0.2) is 0 Å². The molecule has 0 bridgehead atoms. The summed E-state index contributed by atoms with van der Waals surface area (Å²) in [6.07, 6.45) is 0. The van der Waals surface area contributed by atoms with Crippen molar-refractivity contribution in [3.63, 3.8) is 0 Å². The summed E-state index contributed by atoms with van der Waals surface area (Å²) in [7, 11) is 1.60. The van der Waals surface area contributed by atoms with Gasteiger partial charge in [-0.3, -0.25) is 9.59 Å². The molecular formula is C21H26N2O2S. The molecule has 2 amide bonds. The van der Waals surface area contributed by atoms with Crippen molar-refractivity contribution in [3.8, 4) is 0 Å². The number of hydrogen-bond donors (Lipinski definition) is 1. The fourth-order valence-electron chi connectivity index (χ4n) is 2.71. The third-order valence-electron chi connectivity index (χ3n) is 4.19. The Hall–Kier alpha value is -2.27. The van der Waals surface area contributed by atoms with Crippen molar-refractivity contribution in [2.45, 2.75) is 32.2 Å². The van der Waals surface area contributed by atoms with Gasteiger partial charge >= 0.3 is 0 Å². The molecule has 0 fully saturated rings. The molecule has 0 unspecified atom stereocenters. The van der Waals surface area contributed by atoms with Gasteiger partial charge in [-0.05, 0) is 25.0 Å². The van der Waals surface area contributed by atoms with E-state index in [9.17, 15) is 9.59 Å².